The van der Waals surface area contributed by atoms with E-state index in [-0.39, 0.29) is 11.8 Å². The van der Waals surface area contributed by atoms with Crippen molar-refractivity contribution >= 4 is 17.5 Å². The largest absolute Gasteiger partial charge is 0.495 e. The number of benzene rings is 1. The Morgan fingerprint density at radius 2 is 2.09 bits per heavy atom. The molecule has 1 unspecified atom stereocenters. The van der Waals surface area contributed by atoms with Gasteiger partial charge in [-0.2, -0.15) is 0 Å². The first-order chi connectivity index (χ1) is 10.5. The van der Waals surface area contributed by atoms with Crippen molar-refractivity contribution in [3.8, 4) is 5.75 Å². The van der Waals surface area contributed by atoms with Gasteiger partial charge in [-0.25, -0.2) is 0 Å². The predicted octanol–water partition coefficient (Wildman–Crippen LogP) is 1.81. The molecule has 120 valence electrons. The predicted molar refractivity (Wildman–Crippen MR) is 83.2 cm³/mol. The van der Waals surface area contributed by atoms with Crippen LogP contribution >= 0.6 is 0 Å². The molecule has 1 fully saturated rings. The number of carbonyl (C=O) groups excluding carboxylic acids is 2. The van der Waals surface area contributed by atoms with Crippen LogP contribution in [0.1, 0.15) is 30.1 Å². The third-order valence-electron chi connectivity index (χ3n) is 3.59. The Hall–Kier alpha value is -2.08. The third kappa shape index (κ3) is 4.21. The lowest BCUT2D eigenvalue weighted by Gasteiger charge is -2.15. The lowest BCUT2D eigenvalue weighted by molar-refractivity contribution is -0.126. The SMILES string of the molecule is CNC(=O)c1ccc(OC)c(NC(=O)C(C)OCC2CC2)c1. The van der Waals surface area contributed by atoms with Gasteiger partial charge in [-0.1, -0.05) is 0 Å². The summed E-state index contributed by atoms with van der Waals surface area (Å²) in [6.45, 7) is 2.33. The molecular formula is C16H22N2O4. The van der Waals surface area contributed by atoms with E-state index in [0.717, 1.165) is 0 Å². The Balaban J connectivity index is 2.05. The van der Waals surface area contributed by atoms with Crippen molar-refractivity contribution in [2.45, 2.75) is 25.9 Å². The fourth-order valence-corrected chi connectivity index (χ4v) is 1.97. The zero-order chi connectivity index (χ0) is 16.1. The molecule has 2 N–H and O–H groups in total. The third-order valence-corrected chi connectivity index (χ3v) is 3.59. The zero-order valence-corrected chi connectivity index (χ0v) is 13.1. The van der Waals surface area contributed by atoms with Crippen LogP contribution in [0.3, 0.4) is 0 Å². The molecule has 0 spiro atoms. The molecular weight excluding hydrogens is 284 g/mol. The molecule has 22 heavy (non-hydrogen) atoms. The van der Waals surface area contributed by atoms with E-state index in [1.807, 2.05) is 0 Å². The van der Waals surface area contributed by atoms with E-state index in [1.165, 1.54) is 20.0 Å². The Labute approximate surface area is 130 Å². The first kappa shape index (κ1) is 16.3. The quantitative estimate of drug-likeness (QED) is 0.805. The van der Waals surface area contributed by atoms with Crippen molar-refractivity contribution in [3.63, 3.8) is 0 Å². The number of methoxy groups -OCH3 is 1. The van der Waals surface area contributed by atoms with Crippen LogP contribution in [0, 0.1) is 5.92 Å². The summed E-state index contributed by atoms with van der Waals surface area (Å²) < 4.78 is 10.8. The van der Waals surface area contributed by atoms with Crippen LogP contribution in [0.15, 0.2) is 18.2 Å². The van der Waals surface area contributed by atoms with Gasteiger partial charge in [0.05, 0.1) is 19.4 Å². The molecule has 1 aromatic rings. The molecule has 2 rings (SSSR count). The number of hydrogen-bond acceptors (Lipinski definition) is 4. The number of ether oxygens (including phenoxy) is 2. The average Bonchev–Trinajstić information content (AvgIpc) is 3.35. The van der Waals surface area contributed by atoms with Crippen LogP contribution in [0.2, 0.25) is 0 Å². The molecule has 0 bridgehead atoms. The molecule has 0 heterocycles. The number of nitrogens with one attached hydrogen (secondary N) is 2. The van der Waals surface area contributed by atoms with Gasteiger partial charge in [0.15, 0.2) is 0 Å². The minimum absolute atomic E-state index is 0.226. The second-order valence-corrected chi connectivity index (χ2v) is 5.40. The standard InChI is InChI=1S/C16H22N2O4/c1-10(22-9-11-4-5-11)15(19)18-13-8-12(16(20)17-2)6-7-14(13)21-3/h6-8,10-11H,4-5,9H2,1-3H3,(H,17,20)(H,18,19). The summed E-state index contributed by atoms with van der Waals surface area (Å²) in [6.07, 6.45) is 1.81. The maximum atomic E-state index is 12.2. The van der Waals surface area contributed by atoms with Crippen molar-refractivity contribution in [3.05, 3.63) is 23.8 Å². The molecule has 1 aliphatic carbocycles. The maximum Gasteiger partial charge on any atom is 0.253 e. The van der Waals surface area contributed by atoms with Gasteiger partial charge in [0.1, 0.15) is 11.9 Å². The average molecular weight is 306 g/mol. The minimum atomic E-state index is -0.547. The first-order valence-electron chi connectivity index (χ1n) is 7.37. The number of carbonyl (C=O) groups is 2. The van der Waals surface area contributed by atoms with Gasteiger partial charge in [-0.15, -0.1) is 0 Å². The fraction of sp³-hybridized carbons (Fsp3) is 0.500. The lowest BCUT2D eigenvalue weighted by atomic mass is 10.1. The second kappa shape index (κ2) is 7.26. The van der Waals surface area contributed by atoms with Crippen LogP contribution in [0.4, 0.5) is 5.69 Å². The molecule has 0 aliphatic heterocycles. The molecule has 1 aliphatic rings. The first-order valence-corrected chi connectivity index (χ1v) is 7.37. The highest BCUT2D eigenvalue weighted by molar-refractivity contribution is 5.99. The Bertz CT molecular complexity index is 555. The van der Waals surface area contributed by atoms with Gasteiger partial charge in [-0.05, 0) is 43.9 Å². The summed E-state index contributed by atoms with van der Waals surface area (Å²) in [4.78, 5) is 23.9. The van der Waals surface area contributed by atoms with Crippen molar-refractivity contribution < 1.29 is 19.1 Å². The summed E-state index contributed by atoms with van der Waals surface area (Å²) in [5, 5.41) is 5.30. The zero-order valence-electron chi connectivity index (χ0n) is 13.1. The van der Waals surface area contributed by atoms with Gasteiger partial charge in [0, 0.05) is 12.6 Å². The Kier molecular flexibility index (Phi) is 5.38. The Morgan fingerprint density at radius 3 is 2.68 bits per heavy atom. The van der Waals surface area contributed by atoms with Crippen LogP contribution < -0.4 is 15.4 Å². The molecule has 0 aromatic heterocycles. The number of anilines is 1. The van der Waals surface area contributed by atoms with Crippen molar-refractivity contribution in [1.82, 2.24) is 5.32 Å². The van der Waals surface area contributed by atoms with E-state index < -0.39 is 6.10 Å². The fourth-order valence-electron chi connectivity index (χ4n) is 1.97. The van der Waals surface area contributed by atoms with E-state index in [2.05, 4.69) is 10.6 Å². The van der Waals surface area contributed by atoms with Crippen LogP contribution in [0.5, 0.6) is 5.75 Å². The molecule has 1 aromatic carbocycles. The normalized spacial score (nSPS) is 15.0. The highest BCUT2D eigenvalue weighted by atomic mass is 16.5. The van der Waals surface area contributed by atoms with Gasteiger partial charge in [0.25, 0.3) is 11.8 Å². The van der Waals surface area contributed by atoms with E-state index in [1.54, 1.807) is 32.2 Å². The number of rotatable bonds is 7. The minimum Gasteiger partial charge on any atom is -0.495 e. The summed E-state index contributed by atoms with van der Waals surface area (Å²) in [6, 6.07) is 4.87. The second-order valence-electron chi connectivity index (χ2n) is 5.40. The number of amides is 2. The molecule has 0 radical (unpaired) electrons. The summed E-state index contributed by atoms with van der Waals surface area (Å²) in [7, 11) is 3.07. The summed E-state index contributed by atoms with van der Waals surface area (Å²) in [5.41, 5.74) is 0.903. The van der Waals surface area contributed by atoms with Gasteiger partial charge in [0.2, 0.25) is 0 Å². The van der Waals surface area contributed by atoms with Gasteiger partial charge >= 0.3 is 0 Å². The summed E-state index contributed by atoms with van der Waals surface area (Å²) in [5.74, 6) is 0.612. The molecule has 6 nitrogen and oxygen atoms in total. The summed E-state index contributed by atoms with van der Waals surface area (Å²) >= 11 is 0. The van der Waals surface area contributed by atoms with Crippen molar-refractivity contribution in [2.24, 2.45) is 5.92 Å². The monoisotopic (exact) mass is 306 g/mol. The van der Waals surface area contributed by atoms with E-state index in [9.17, 15) is 9.59 Å². The molecule has 2 amide bonds. The molecule has 1 atom stereocenters. The highest BCUT2D eigenvalue weighted by Gasteiger charge is 2.24. The van der Waals surface area contributed by atoms with E-state index in [0.29, 0.717) is 29.5 Å². The van der Waals surface area contributed by atoms with Crippen molar-refractivity contribution in [2.75, 3.05) is 26.1 Å². The van der Waals surface area contributed by atoms with Crippen LogP contribution in [-0.4, -0.2) is 38.7 Å². The smallest absolute Gasteiger partial charge is 0.253 e. The topological polar surface area (TPSA) is 76.7 Å². The van der Waals surface area contributed by atoms with Crippen molar-refractivity contribution in [1.29, 1.82) is 0 Å². The van der Waals surface area contributed by atoms with Crippen LogP contribution in [-0.2, 0) is 9.53 Å². The molecule has 0 saturated heterocycles. The van der Waals surface area contributed by atoms with Gasteiger partial charge < -0.3 is 20.1 Å². The van der Waals surface area contributed by atoms with Gasteiger partial charge in [-0.3, -0.25) is 9.59 Å². The maximum absolute atomic E-state index is 12.2. The van der Waals surface area contributed by atoms with E-state index in [4.69, 9.17) is 9.47 Å². The lowest BCUT2D eigenvalue weighted by Crippen LogP contribution is -2.28. The molecule has 1 saturated carbocycles. The highest BCUT2D eigenvalue weighted by Crippen LogP contribution is 2.29. The number of hydrogen-bond donors (Lipinski definition) is 2. The molecule has 6 heteroatoms. The van der Waals surface area contributed by atoms with Crippen LogP contribution in [0.25, 0.3) is 0 Å². The Morgan fingerprint density at radius 1 is 1.36 bits per heavy atom. The van der Waals surface area contributed by atoms with E-state index >= 15 is 0 Å².